The molecule has 1 aromatic rings. The number of alkyl halides is 1. The second-order valence-electron chi connectivity index (χ2n) is 3.19. The van der Waals surface area contributed by atoms with Crippen molar-refractivity contribution in [1.82, 2.24) is 0 Å². The highest BCUT2D eigenvalue weighted by Crippen LogP contribution is 2.18. The first-order valence-electron chi connectivity index (χ1n) is 4.36. The van der Waals surface area contributed by atoms with Crippen LogP contribution in [0.3, 0.4) is 0 Å². The summed E-state index contributed by atoms with van der Waals surface area (Å²) in [4.78, 5) is 11.1. The molecule has 13 heavy (non-hydrogen) atoms. The second-order valence-corrected chi connectivity index (χ2v) is 3.75. The van der Waals surface area contributed by atoms with Crippen LogP contribution in [-0.2, 0) is 4.79 Å². The molecule has 0 bridgehead atoms. The van der Waals surface area contributed by atoms with Crippen LogP contribution in [0, 0.1) is 0 Å². The second kappa shape index (κ2) is 5.18. The number of ketones is 1. The molecule has 0 N–H and O–H groups in total. The first-order valence-corrected chi connectivity index (χ1v) is 5.48. The standard InChI is InChI=1S/C11H13BrO/c1-9(7-11(13)8-12)10-5-3-2-4-6-10/h2-6,9H,7-8H2,1H3. The van der Waals surface area contributed by atoms with E-state index in [1.807, 2.05) is 18.2 Å². The van der Waals surface area contributed by atoms with E-state index in [9.17, 15) is 4.79 Å². The summed E-state index contributed by atoms with van der Waals surface area (Å²) in [6.45, 7) is 2.08. The van der Waals surface area contributed by atoms with Crippen LogP contribution in [0.4, 0.5) is 0 Å². The summed E-state index contributed by atoms with van der Waals surface area (Å²) in [6.07, 6.45) is 0.620. The van der Waals surface area contributed by atoms with E-state index in [0.29, 0.717) is 17.7 Å². The molecule has 0 saturated heterocycles. The van der Waals surface area contributed by atoms with Crippen molar-refractivity contribution < 1.29 is 4.79 Å². The molecule has 0 aromatic heterocycles. The Morgan fingerprint density at radius 2 is 2.00 bits per heavy atom. The lowest BCUT2D eigenvalue weighted by atomic mass is 9.96. The van der Waals surface area contributed by atoms with Crippen molar-refractivity contribution in [1.29, 1.82) is 0 Å². The lowest BCUT2D eigenvalue weighted by Crippen LogP contribution is -2.04. The van der Waals surface area contributed by atoms with Crippen molar-refractivity contribution in [3.63, 3.8) is 0 Å². The quantitative estimate of drug-likeness (QED) is 0.740. The van der Waals surface area contributed by atoms with Crippen LogP contribution in [0.15, 0.2) is 30.3 Å². The number of carbonyl (C=O) groups is 1. The molecule has 0 saturated carbocycles. The lowest BCUT2D eigenvalue weighted by molar-refractivity contribution is -0.116. The van der Waals surface area contributed by atoms with E-state index in [2.05, 4.69) is 35.0 Å². The number of Topliss-reactive ketones (excluding diaryl/α,β-unsaturated/α-hetero) is 1. The number of halogens is 1. The summed E-state index contributed by atoms with van der Waals surface area (Å²) >= 11 is 3.17. The van der Waals surface area contributed by atoms with Gasteiger partial charge in [-0.25, -0.2) is 0 Å². The minimum absolute atomic E-state index is 0.261. The molecule has 1 aromatic carbocycles. The first-order chi connectivity index (χ1) is 6.24. The molecule has 0 heterocycles. The molecule has 1 rings (SSSR count). The molecule has 1 atom stereocenters. The Labute approximate surface area is 87.3 Å². The van der Waals surface area contributed by atoms with E-state index in [1.54, 1.807) is 0 Å². The number of carbonyl (C=O) groups excluding carboxylic acids is 1. The average molecular weight is 241 g/mol. The van der Waals surface area contributed by atoms with Crippen molar-refractivity contribution in [2.24, 2.45) is 0 Å². The number of benzene rings is 1. The van der Waals surface area contributed by atoms with Crippen LogP contribution in [-0.4, -0.2) is 11.1 Å². The van der Waals surface area contributed by atoms with Gasteiger partial charge in [-0.3, -0.25) is 4.79 Å². The molecule has 0 fully saturated rings. The summed E-state index contributed by atoms with van der Waals surface area (Å²) < 4.78 is 0. The fourth-order valence-electron chi connectivity index (χ4n) is 1.30. The van der Waals surface area contributed by atoms with E-state index in [-0.39, 0.29) is 5.78 Å². The van der Waals surface area contributed by atoms with Crippen molar-refractivity contribution in [2.45, 2.75) is 19.3 Å². The fraction of sp³-hybridized carbons (Fsp3) is 0.364. The van der Waals surface area contributed by atoms with Gasteiger partial charge < -0.3 is 0 Å². The molecule has 0 aliphatic carbocycles. The average Bonchev–Trinajstić information content (AvgIpc) is 2.19. The van der Waals surface area contributed by atoms with Gasteiger partial charge in [-0.15, -0.1) is 0 Å². The summed E-state index contributed by atoms with van der Waals surface area (Å²) in [6, 6.07) is 10.1. The predicted octanol–water partition coefficient (Wildman–Crippen LogP) is 3.14. The number of hydrogen-bond acceptors (Lipinski definition) is 1. The smallest absolute Gasteiger partial charge is 0.143 e. The molecule has 2 heteroatoms. The van der Waals surface area contributed by atoms with Crippen LogP contribution in [0.2, 0.25) is 0 Å². The first kappa shape index (κ1) is 10.5. The summed E-state index contributed by atoms with van der Waals surface area (Å²) in [7, 11) is 0. The zero-order valence-electron chi connectivity index (χ0n) is 7.66. The van der Waals surface area contributed by atoms with Crippen LogP contribution in [0.25, 0.3) is 0 Å². The SMILES string of the molecule is CC(CC(=O)CBr)c1ccccc1. The van der Waals surface area contributed by atoms with Crippen LogP contribution >= 0.6 is 15.9 Å². The van der Waals surface area contributed by atoms with Gasteiger partial charge in [-0.1, -0.05) is 53.2 Å². The highest BCUT2D eigenvalue weighted by Gasteiger charge is 2.09. The summed E-state index contributed by atoms with van der Waals surface area (Å²) in [5.41, 5.74) is 1.23. The predicted molar refractivity (Wildman–Crippen MR) is 58.3 cm³/mol. The van der Waals surface area contributed by atoms with Gasteiger partial charge in [0.25, 0.3) is 0 Å². The molecule has 0 amide bonds. The van der Waals surface area contributed by atoms with Crippen molar-refractivity contribution >= 4 is 21.7 Å². The maximum absolute atomic E-state index is 11.1. The van der Waals surface area contributed by atoms with Crippen LogP contribution in [0.1, 0.15) is 24.8 Å². The third kappa shape index (κ3) is 3.31. The van der Waals surface area contributed by atoms with Gasteiger partial charge in [0.05, 0.1) is 5.33 Å². The van der Waals surface area contributed by atoms with Crippen LogP contribution in [0.5, 0.6) is 0 Å². The van der Waals surface area contributed by atoms with Crippen molar-refractivity contribution in [3.05, 3.63) is 35.9 Å². The summed E-state index contributed by atoms with van der Waals surface area (Å²) in [5, 5.41) is 0.462. The van der Waals surface area contributed by atoms with Gasteiger partial charge in [0.15, 0.2) is 0 Å². The maximum atomic E-state index is 11.1. The molecule has 70 valence electrons. The number of rotatable bonds is 4. The van der Waals surface area contributed by atoms with E-state index < -0.39 is 0 Å². The third-order valence-corrected chi connectivity index (χ3v) is 2.68. The Bertz CT molecular complexity index is 269. The Balaban J connectivity index is 2.59. The highest BCUT2D eigenvalue weighted by molar-refractivity contribution is 9.09. The minimum atomic E-state index is 0.261. The van der Waals surface area contributed by atoms with Gasteiger partial charge >= 0.3 is 0 Å². The summed E-state index contributed by atoms with van der Waals surface area (Å²) in [5.74, 6) is 0.586. The Hall–Kier alpha value is -0.630. The Morgan fingerprint density at radius 1 is 1.38 bits per heavy atom. The molecular weight excluding hydrogens is 228 g/mol. The topological polar surface area (TPSA) is 17.1 Å². The van der Waals surface area contributed by atoms with E-state index in [0.717, 1.165) is 0 Å². The van der Waals surface area contributed by atoms with Gasteiger partial charge in [-0.2, -0.15) is 0 Å². The minimum Gasteiger partial charge on any atom is -0.299 e. The number of hydrogen-bond donors (Lipinski definition) is 0. The molecule has 1 nitrogen and oxygen atoms in total. The molecule has 0 radical (unpaired) electrons. The molecule has 0 aliphatic rings. The van der Waals surface area contributed by atoms with Crippen LogP contribution < -0.4 is 0 Å². The van der Waals surface area contributed by atoms with E-state index in [1.165, 1.54) is 5.56 Å². The van der Waals surface area contributed by atoms with E-state index >= 15 is 0 Å². The molecule has 0 spiro atoms. The van der Waals surface area contributed by atoms with Gasteiger partial charge in [0.1, 0.15) is 5.78 Å². The van der Waals surface area contributed by atoms with Crippen molar-refractivity contribution in [3.8, 4) is 0 Å². The molecule has 1 unspecified atom stereocenters. The Morgan fingerprint density at radius 3 is 2.54 bits per heavy atom. The Kier molecular flexibility index (Phi) is 4.16. The van der Waals surface area contributed by atoms with Crippen molar-refractivity contribution in [2.75, 3.05) is 5.33 Å². The lowest BCUT2D eigenvalue weighted by Gasteiger charge is -2.09. The monoisotopic (exact) mass is 240 g/mol. The zero-order valence-corrected chi connectivity index (χ0v) is 9.25. The molecular formula is C11H13BrO. The van der Waals surface area contributed by atoms with E-state index in [4.69, 9.17) is 0 Å². The van der Waals surface area contributed by atoms with Gasteiger partial charge in [0.2, 0.25) is 0 Å². The molecule has 0 aliphatic heterocycles. The highest BCUT2D eigenvalue weighted by atomic mass is 79.9. The maximum Gasteiger partial charge on any atom is 0.143 e. The third-order valence-electron chi connectivity index (χ3n) is 2.05. The fourth-order valence-corrected chi connectivity index (χ4v) is 1.52. The van der Waals surface area contributed by atoms with Gasteiger partial charge in [-0.05, 0) is 11.5 Å². The zero-order chi connectivity index (χ0) is 9.68. The normalized spacial score (nSPS) is 12.5. The largest absolute Gasteiger partial charge is 0.299 e. The van der Waals surface area contributed by atoms with Gasteiger partial charge in [0, 0.05) is 6.42 Å².